The molecule has 0 radical (unpaired) electrons. The van der Waals surface area contributed by atoms with E-state index in [4.69, 9.17) is 4.98 Å². The number of likely N-dealkylation sites (tertiary alicyclic amines) is 1. The lowest BCUT2D eigenvalue weighted by molar-refractivity contribution is -0.136. The molecule has 64 heavy (non-hydrogen) atoms. The Bertz CT molecular complexity index is 2770. The van der Waals surface area contributed by atoms with Gasteiger partial charge in [0.25, 0.3) is 11.5 Å². The molecule has 3 N–H and O–H groups in total. The number of aliphatic hydroxyl groups is 1. The quantitative estimate of drug-likeness (QED) is 0.112. The number of fused-ring (bicyclic) bond motifs is 3. The summed E-state index contributed by atoms with van der Waals surface area (Å²) < 4.78 is 1.75. The van der Waals surface area contributed by atoms with Crippen LogP contribution in [0.15, 0.2) is 71.7 Å². The van der Waals surface area contributed by atoms with Crippen molar-refractivity contribution in [3.05, 3.63) is 127 Å². The number of rotatable bonds is 10. The van der Waals surface area contributed by atoms with Crippen molar-refractivity contribution in [1.29, 1.82) is 0 Å². The van der Waals surface area contributed by atoms with Crippen molar-refractivity contribution in [3.63, 3.8) is 0 Å². The molecule has 10 rings (SSSR count). The molecular formula is C50H54N8O6. The number of hydrogen-bond acceptors (Lipinski definition) is 11. The van der Waals surface area contributed by atoms with E-state index in [2.05, 4.69) is 67.9 Å². The number of piperidine rings is 2. The van der Waals surface area contributed by atoms with Crippen LogP contribution in [0.4, 0.5) is 11.6 Å². The monoisotopic (exact) mass is 862 g/mol. The number of aryl methyl sites for hydroxylation is 1. The van der Waals surface area contributed by atoms with E-state index in [-0.39, 0.29) is 41.2 Å². The van der Waals surface area contributed by atoms with Crippen LogP contribution >= 0.6 is 0 Å². The number of Topliss-reactive ketones (excluding diaryl/α,β-unsaturated/α-hetero) is 1. The Labute approximate surface area is 371 Å². The Morgan fingerprint density at radius 2 is 1.58 bits per heavy atom. The fourth-order valence-electron chi connectivity index (χ4n) is 10.8. The van der Waals surface area contributed by atoms with Crippen LogP contribution in [-0.2, 0) is 47.8 Å². The molecule has 3 aromatic carbocycles. The highest BCUT2D eigenvalue weighted by atomic mass is 16.3. The smallest absolute Gasteiger partial charge is 0.263 e. The second kappa shape index (κ2) is 16.8. The largest absolute Gasteiger partial charge is 0.385 e. The summed E-state index contributed by atoms with van der Waals surface area (Å²) in [5.41, 5.74) is 8.33. The van der Waals surface area contributed by atoms with Gasteiger partial charge in [0.2, 0.25) is 17.8 Å². The Kier molecular flexibility index (Phi) is 11.0. The summed E-state index contributed by atoms with van der Waals surface area (Å²) in [6.07, 6.45) is 8.23. The molecule has 2 aromatic heterocycles. The van der Waals surface area contributed by atoms with Crippen molar-refractivity contribution in [2.24, 2.45) is 0 Å². The second-order valence-corrected chi connectivity index (χ2v) is 18.6. The summed E-state index contributed by atoms with van der Waals surface area (Å²) >= 11 is 0. The molecular weight excluding hydrogens is 809 g/mol. The van der Waals surface area contributed by atoms with Crippen LogP contribution in [0.1, 0.15) is 124 Å². The van der Waals surface area contributed by atoms with E-state index in [1.165, 1.54) is 29.2 Å². The van der Waals surface area contributed by atoms with Crippen LogP contribution in [0.3, 0.4) is 0 Å². The number of nitrogens with zero attached hydrogens (tertiary/aromatic N) is 6. The molecule has 330 valence electrons. The van der Waals surface area contributed by atoms with Crippen LogP contribution in [0.5, 0.6) is 0 Å². The van der Waals surface area contributed by atoms with Gasteiger partial charge in [0.1, 0.15) is 11.7 Å². The molecule has 0 spiro atoms. The highest BCUT2D eigenvalue weighted by Crippen LogP contribution is 2.37. The van der Waals surface area contributed by atoms with Crippen molar-refractivity contribution in [2.45, 2.75) is 115 Å². The Morgan fingerprint density at radius 1 is 0.844 bits per heavy atom. The molecule has 1 unspecified atom stereocenters. The Morgan fingerprint density at radius 3 is 2.30 bits per heavy atom. The first-order chi connectivity index (χ1) is 30.9. The predicted octanol–water partition coefficient (Wildman–Crippen LogP) is 5.96. The molecule has 14 heteroatoms. The van der Waals surface area contributed by atoms with E-state index in [0.29, 0.717) is 48.5 Å². The highest BCUT2D eigenvalue weighted by Gasteiger charge is 2.41. The van der Waals surface area contributed by atoms with E-state index in [1.54, 1.807) is 21.7 Å². The number of aromatic nitrogens is 3. The van der Waals surface area contributed by atoms with Gasteiger partial charge in [-0.05, 0) is 110 Å². The van der Waals surface area contributed by atoms with E-state index in [0.717, 1.165) is 93.6 Å². The molecule has 1 atom stereocenters. The van der Waals surface area contributed by atoms with Gasteiger partial charge in [-0.1, -0.05) is 55.3 Å². The minimum atomic E-state index is -0.998. The third-order valence-corrected chi connectivity index (χ3v) is 14.4. The zero-order valence-electron chi connectivity index (χ0n) is 36.5. The first-order valence-electron chi connectivity index (χ1n) is 22.8. The van der Waals surface area contributed by atoms with Crippen molar-refractivity contribution < 1.29 is 24.3 Å². The molecule has 5 aromatic rings. The predicted molar refractivity (Wildman–Crippen MR) is 241 cm³/mol. The van der Waals surface area contributed by atoms with E-state index in [1.807, 2.05) is 19.1 Å². The molecule has 1 saturated carbocycles. The summed E-state index contributed by atoms with van der Waals surface area (Å²) in [5.74, 6) is -0.749. The average Bonchev–Trinajstić information content (AvgIpc) is 3.93. The fourth-order valence-corrected chi connectivity index (χ4v) is 10.8. The van der Waals surface area contributed by atoms with Gasteiger partial charge >= 0.3 is 0 Å². The Hall–Kier alpha value is -6.09. The van der Waals surface area contributed by atoms with E-state index >= 15 is 0 Å². The Balaban J connectivity index is 0.731. The number of carbonyl (C=O) groups is 4. The zero-order chi connectivity index (χ0) is 44.3. The number of benzene rings is 3. The fraction of sp³-hybridized carbons (Fsp3) is 0.420. The lowest BCUT2D eigenvalue weighted by Gasteiger charge is -2.38. The normalized spacial score (nSPS) is 20.4. The van der Waals surface area contributed by atoms with Crippen LogP contribution in [0.25, 0.3) is 11.0 Å². The van der Waals surface area contributed by atoms with Crippen LogP contribution < -0.4 is 16.2 Å². The summed E-state index contributed by atoms with van der Waals surface area (Å²) in [5, 5.41) is 18.3. The lowest BCUT2D eigenvalue weighted by atomic mass is 9.83. The molecule has 3 fully saturated rings. The van der Waals surface area contributed by atoms with E-state index < -0.39 is 17.6 Å². The van der Waals surface area contributed by atoms with Gasteiger partial charge in [0.15, 0.2) is 5.78 Å². The van der Waals surface area contributed by atoms with Gasteiger partial charge in [-0.15, -0.1) is 0 Å². The summed E-state index contributed by atoms with van der Waals surface area (Å²) in [6, 6.07) is 20.2. The van der Waals surface area contributed by atoms with Gasteiger partial charge in [-0.25, -0.2) is 4.98 Å². The van der Waals surface area contributed by atoms with Gasteiger partial charge < -0.3 is 15.3 Å². The molecule has 6 heterocycles. The molecule has 4 aliphatic heterocycles. The lowest BCUT2D eigenvalue weighted by Crippen LogP contribution is -2.52. The number of imide groups is 1. The van der Waals surface area contributed by atoms with Gasteiger partial charge in [-0.2, -0.15) is 4.98 Å². The maximum atomic E-state index is 13.7. The second-order valence-electron chi connectivity index (χ2n) is 18.6. The molecule has 5 aliphatic rings. The van der Waals surface area contributed by atoms with Crippen LogP contribution in [0.2, 0.25) is 0 Å². The van der Waals surface area contributed by atoms with Crippen LogP contribution in [0, 0.1) is 6.92 Å². The number of nitrogens with one attached hydrogen (secondary N) is 2. The number of pyridine rings is 1. The maximum Gasteiger partial charge on any atom is 0.263 e. The highest BCUT2D eigenvalue weighted by molar-refractivity contribution is 6.05. The SMILES string of the molecule is CC(=O)c1c(C)c2cnc(Nc3ccc4c(c3)CCN(Cc3ccc(CN5CCC(O)(c6ccc7c(c6)CN(C6CCC(=O)NC6=O)C7=O)CC5)cc3)C4)nc2n(C2CCCC2)c1=O. The van der Waals surface area contributed by atoms with Crippen molar-refractivity contribution >= 4 is 46.2 Å². The summed E-state index contributed by atoms with van der Waals surface area (Å²) in [4.78, 5) is 79.4. The molecule has 2 saturated heterocycles. The summed E-state index contributed by atoms with van der Waals surface area (Å²) in [6.45, 7) is 8.47. The van der Waals surface area contributed by atoms with Crippen molar-refractivity contribution in [2.75, 3.05) is 25.0 Å². The maximum absolute atomic E-state index is 13.7. The molecule has 3 amide bonds. The van der Waals surface area contributed by atoms with Gasteiger partial charge in [0.05, 0.1) is 11.2 Å². The minimum absolute atomic E-state index is 0.0243. The third kappa shape index (κ3) is 7.92. The molecule has 14 nitrogen and oxygen atoms in total. The molecule has 1 aliphatic carbocycles. The number of anilines is 2. The number of amides is 3. The summed E-state index contributed by atoms with van der Waals surface area (Å²) in [7, 11) is 0. The number of hydrogen-bond donors (Lipinski definition) is 3. The minimum Gasteiger partial charge on any atom is -0.385 e. The van der Waals surface area contributed by atoms with Crippen molar-refractivity contribution in [3.8, 4) is 0 Å². The zero-order valence-corrected chi connectivity index (χ0v) is 36.5. The van der Waals surface area contributed by atoms with Gasteiger partial charge in [0, 0.05) is 81.1 Å². The van der Waals surface area contributed by atoms with Crippen LogP contribution in [-0.4, -0.2) is 83.5 Å². The van der Waals surface area contributed by atoms with Gasteiger partial charge in [-0.3, -0.25) is 43.7 Å². The number of carbonyl (C=O) groups excluding carboxylic acids is 4. The van der Waals surface area contributed by atoms with E-state index in [9.17, 15) is 29.1 Å². The molecule has 0 bridgehead atoms. The average molecular weight is 863 g/mol. The third-order valence-electron chi connectivity index (χ3n) is 14.4. The topological polar surface area (TPSA) is 170 Å². The van der Waals surface area contributed by atoms with Crippen molar-refractivity contribution in [1.82, 2.24) is 34.6 Å². The first kappa shape index (κ1) is 41.9. The number of ketones is 1. The first-order valence-corrected chi connectivity index (χ1v) is 22.8. The standard InChI is InChI=1S/C50H54N8O6/c1-30-41-25-51-49(54-45(41)58(39-5-3-4-6-39)48(63)44(30)31(2)59)52-38-13-11-35-28-56(20-17-34(35)24-38)27-33-9-7-32(8-10-33)26-55-21-18-50(64,19-22-55)37-12-14-40-36(23-37)29-57(47(40)62)42-15-16-43(60)53-46(42)61/h7-14,23-25,39,42,64H,3-6,15-22,26-29H2,1-2H3,(H,51,52,54)(H,53,60,61).